The van der Waals surface area contributed by atoms with E-state index in [9.17, 15) is 9.59 Å². The third kappa shape index (κ3) is 3.47. The summed E-state index contributed by atoms with van der Waals surface area (Å²) in [4.78, 5) is 30.0. The van der Waals surface area contributed by atoms with E-state index >= 15 is 0 Å². The quantitative estimate of drug-likeness (QED) is 0.737. The number of carbonyl (C=O) groups excluding carboxylic acids is 2. The largest absolute Gasteiger partial charge is 0.358 e. The van der Waals surface area contributed by atoms with Gasteiger partial charge in [-0.3, -0.25) is 9.59 Å². The van der Waals surface area contributed by atoms with E-state index in [0.717, 1.165) is 34.3 Å². The SMILES string of the molecule is CCc1ccccc1NC(=O)CN(C)C(=O)c1c(C)[nH]c2ccccc12. The number of likely N-dealkylation sites (N-methyl/N-ethyl adjacent to an activating group) is 1. The van der Waals surface area contributed by atoms with Crippen LogP contribution in [0, 0.1) is 6.92 Å². The van der Waals surface area contributed by atoms with E-state index in [0.29, 0.717) is 5.56 Å². The highest BCUT2D eigenvalue weighted by Crippen LogP contribution is 2.23. The molecule has 1 aromatic heterocycles. The molecule has 5 heteroatoms. The van der Waals surface area contributed by atoms with Crippen LogP contribution in [0.2, 0.25) is 0 Å². The summed E-state index contributed by atoms with van der Waals surface area (Å²) in [7, 11) is 1.65. The molecule has 2 amide bonds. The first kappa shape index (κ1) is 17.7. The summed E-state index contributed by atoms with van der Waals surface area (Å²) in [6, 6.07) is 15.4. The number of nitrogens with zero attached hydrogens (tertiary/aromatic N) is 1. The lowest BCUT2D eigenvalue weighted by Crippen LogP contribution is -2.35. The van der Waals surface area contributed by atoms with Crippen molar-refractivity contribution in [1.82, 2.24) is 9.88 Å². The van der Waals surface area contributed by atoms with Gasteiger partial charge >= 0.3 is 0 Å². The minimum Gasteiger partial charge on any atom is -0.358 e. The molecule has 0 unspecified atom stereocenters. The zero-order chi connectivity index (χ0) is 18.7. The van der Waals surface area contributed by atoms with Crippen LogP contribution >= 0.6 is 0 Å². The van der Waals surface area contributed by atoms with Crippen LogP contribution in [-0.2, 0) is 11.2 Å². The Balaban J connectivity index is 1.74. The molecule has 134 valence electrons. The number of amides is 2. The maximum absolute atomic E-state index is 12.9. The highest BCUT2D eigenvalue weighted by molar-refractivity contribution is 6.09. The standard InChI is InChI=1S/C21H23N3O2/c1-4-15-9-5-7-11-17(15)23-19(25)13-24(3)21(26)20-14(2)22-18-12-8-6-10-16(18)20/h5-12,22H,4,13H2,1-3H3,(H,23,25). The van der Waals surface area contributed by atoms with Crippen molar-refractivity contribution in [2.45, 2.75) is 20.3 Å². The number of aromatic nitrogens is 1. The lowest BCUT2D eigenvalue weighted by atomic mass is 10.1. The zero-order valence-electron chi connectivity index (χ0n) is 15.3. The van der Waals surface area contributed by atoms with Gasteiger partial charge in [-0.25, -0.2) is 0 Å². The third-order valence-electron chi connectivity index (χ3n) is 4.51. The predicted molar refractivity (Wildman–Crippen MR) is 104 cm³/mol. The molecule has 3 rings (SSSR count). The van der Waals surface area contributed by atoms with E-state index < -0.39 is 0 Å². The molecule has 0 fully saturated rings. The summed E-state index contributed by atoms with van der Waals surface area (Å²) in [5, 5.41) is 3.78. The summed E-state index contributed by atoms with van der Waals surface area (Å²) in [6.45, 7) is 3.91. The highest BCUT2D eigenvalue weighted by Gasteiger charge is 2.21. The number of hydrogen-bond donors (Lipinski definition) is 2. The first-order valence-corrected chi connectivity index (χ1v) is 8.71. The molecule has 0 aliphatic carbocycles. The number of hydrogen-bond acceptors (Lipinski definition) is 2. The average molecular weight is 349 g/mol. The lowest BCUT2D eigenvalue weighted by molar-refractivity contribution is -0.116. The highest BCUT2D eigenvalue weighted by atomic mass is 16.2. The molecular formula is C21H23N3O2. The monoisotopic (exact) mass is 349 g/mol. The molecule has 0 aliphatic rings. The first-order chi connectivity index (χ1) is 12.5. The van der Waals surface area contributed by atoms with Crippen molar-refractivity contribution in [2.75, 3.05) is 18.9 Å². The van der Waals surface area contributed by atoms with Crippen molar-refractivity contribution in [3.63, 3.8) is 0 Å². The summed E-state index contributed by atoms with van der Waals surface area (Å²) in [5.74, 6) is -0.377. The topological polar surface area (TPSA) is 65.2 Å². The van der Waals surface area contributed by atoms with Crippen LogP contribution in [0.15, 0.2) is 48.5 Å². The normalized spacial score (nSPS) is 10.7. The second-order valence-corrected chi connectivity index (χ2v) is 6.39. The molecule has 0 atom stereocenters. The van der Waals surface area contributed by atoms with E-state index in [1.165, 1.54) is 4.90 Å². The molecule has 0 spiro atoms. The molecule has 0 bridgehead atoms. The maximum atomic E-state index is 12.9. The number of fused-ring (bicyclic) bond motifs is 1. The number of para-hydroxylation sites is 2. The molecule has 0 saturated heterocycles. The fraction of sp³-hybridized carbons (Fsp3) is 0.238. The number of rotatable bonds is 5. The van der Waals surface area contributed by atoms with Crippen LogP contribution in [0.25, 0.3) is 10.9 Å². The van der Waals surface area contributed by atoms with Gasteiger partial charge in [0.15, 0.2) is 0 Å². The Hall–Kier alpha value is -3.08. The summed E-state index contributed by atoms with van der Waals surface area (Å²) < 4.78 is 0. The molecule has 0 radical (unpaired) electrons. The van der Waals surface area contributed by atoms with Gasteiger partial charge in [0.25, 0.3) is 5.91 Å². The molecule has 2 N–H and O–H groups in total. The Labute approximate surface area is 153 Å². The Kier molecular flexibility index (Phi) is 5.07. The summed E-state index contributed by atoms with van der Waals surface area (Å²) >= 11 is 0. The van der Waals surface area contributed by atoms with Crippen molar-refractivity contribution in [3.8, 4) is 0 Å². The van der Waals surface area contributed by atoms with Gasteiger partial charge in [0.2, 0.25) is 5.91 Å². The fourth-order valence-corrected chi connectivity index (χ4v) is 3.17. The van der Waals surface area contributed by atoms with Crippen molar-refractivity contribution >= 4 is 28.4 Å². The second-order valence-electron chi connectivity index (χ2n) is 6.39. The smallest absolute Gasteiger partial charge is 0.256 e. The van der Waals surface area contributed by atoms with Gasteiger partial charge in [-0.2, -0.15) is 0 Å². The van der Waals surface area contributed by atoms with Crippen molar-refractivity contribution in [1.29, 1.82) is 0 Å². The Morgan fingerprint density at radius 1 is 1.08 bits per heavy atom. The zero-order valence-corrected chi connectivity index (χ0v) is 15.3. The molecule has 0 aliphatic heterocycles. The van der Waals surface area contributed by atoms with E-state index in [2.05, 4.69) is 10.3 Å². The summed E-state index contributed by atoms with van der Waals surface area (Å²) in [6.07, 6.45) is 0.833. The van der Waals surface area contributed by atoms with E-state index in [-0.39, 0.29) is 18.4 Å². The number of benzene rings is 2. The van der Waals surface area contributed by atoms with Crippen LogP contribution in [0.1, 0.15) is 28.5 Å². The minimum absolute atomic E-state index is 0.00414. The van der Waals surface area contributed by atoms with E-state index in [4.69, 9.17) is 0 Å². The Morgan fingerprint density at radius 3 is 2.54 bits per heavy atom. The van der Waals surface area contributed by atoms with Crippen LogP contribution < -0.4 is 5.32 Å². The van der Waals surface area contributed by atoms with Crippen LogP contribution in [-0.4, -0.2) is 35.3 Å². The number of carbonyl (C=O) groups is 2. The molecule has 3 aromatic rings. The third-order valence-corrected chi connectivity index (χ3v) is 4.51. The van der Waals surface area contributed by atoms with Crippen LogP contribution in [0.4, 0.5) is 5.69 Å². The first-order valence-electron chi connectivity index (χ1n) is 8.71. The molecule has 26 heavy (non-hydrogen) atoms. The second kappa shape index (κ2) is 7.44. The number of aromatic amines is 1. The van der Waals surface area contributed by atoms with Gasteiger partial charge in [-0.1, -0.05) is 43.3 Å². The van der Waals surface area contributed by atoms with Crippen molar-refractivity contribution in [2.24, 2.45) is 0 Å². The van der Waals surface area contributed by atoms with Crippen LogP contribution in [0.3, 0.4) is 0 Å². The summed E-state index contributed by atoms with van der Waals surface area (Å²) in [5.41, 5.74) is 4.21. The number of nitrogens with one attached hydrogen (secondary N) is 2. The van der Waals surface area contributed by atoms with Crippen molar-refractivity contribution in [3.05, 3.63) is 65.4 Å². The van der Waals surface area contributed by atoms with Gasteiger partial charge in [0.05, 0.1) is 12.1 Å². The van der Waals surface area contributed by atoms with Crippen molar-refractivity contribution < 1.29 is 9.59 Å². The molecule has 2 aromatic carbocycles. The lowest BCUT2D eigenvalue weighted by Gasteiger charge is -2.18. The van der Waals surface area contributed by atoms with Gasteiger partial charge < -0.3 is 15.2 Å². The predicted octanol–water partition coefficient (Wildman–Crippen LogP) is 3.75. The molecule has 5 nitrogen and oxygen atoms in total. The van der Waals surface area contributed by atoms with Gasteiger partial charge in [-0.05, 0) is 31.0 Å². The number of aryl methyl sites for hydroxylation is 2. The van der Waals surface area contributed by atoms with Crippen LogP contribution in [0.5, 0.6) is 0 Å². The van der Waals surface area contributed by atoms with Gasteiger partial charge in [0, 0.05) is 29.3 Å². The van der Waals surface area contributed by atoms with Gasteiger partial charge in [0.1, 0.15) is 0 Å². The Morgan fingerprint density at radius 2 is 1.77 bits per heavy atom. The Bertz CT molecular complexity index is 959. The van der Waals surface area contributed by atoms with Gasteiger partial charge in [-0.15, -0.1) is 0 Å². The molecule has 1 heterocycles. The number of anilines is 1. The fourth-order valence-electron chi connectivity index (χ4n) is 3.17. The van der Waals surface area contributed by atoms with E-state index in [1.807, 2.05) is 62.4 Å². The van der Waals surface area contributed by atoms with E-state index in [1.54, 1.807) is 7.05 Å². The minimum atomic E-state index is -0.209. The average Bonchev–Trinajstić information content (AvgIpc) is 2.97. The molecular weight excluding hydrogens is 326 g/mol. The maximum Gasteiger partial charge on any atom is 0.256 e. The molecule has 0 saturated carbocycles. The number of H-pyrrole nitrogens is 1.